The molecule has 0 aliphatic carbocycles. The summed E-state index contributed by atoms with van der Waals surface area (Å²) in [7, 11) is 0. The molecule has 0 N–H and O–H groups in total. The van der Waals surface area contributed by atoms with Gasteiger partial charge in [0.15, 0.2) is 5.82 Å². The van der Waals surface area contributed by atoms with Gasteiger partial charge in [0.25, 0.3) is 0 Å². The normalized spacial score (nSPS) is 11.6. The van der Waals surface area contributed by atoms with E-state index in [1.54, 1.807) is 0 Å². The van der Waals surface area contributed by atoms with Crippen molar-refractivity contribution in [1.82, 2.24) is 9.38 Å². The molecule has 0 aliphatic heterocycles. The molecule has 4 heteroatoms. The first kappa shape index (κ1) is 13.5. The molecule has 0 radical (unpaired) electrons. The number of fused-ring (bicyclic) bond motifs is 1. The highest BCUT2D eigenvalue weighted by Crippen LogP contribution is 2.25. The minimum absolute atomic E-state index is 0.794. The second kappa shape index (κ2) is 5.48. The Bertz CT molecular complexity index is 798. The van der Waals surface area contributed by atoms with Gasteiger partial charge in [-0.3, -0.25) is 4.40 Å². The van der Waals surface area contributed by atoms with Crippen molar-refractivity contribution >= 4 is 17.2 Å². The predicted octanol–water partition coefficient (Wildman–Crippen LogP) is 4.93. The fourth-order valence-electron chi connectivity index (χ4n) is 2.37. The van der Waals surface area contributed by atoms with Crippen LogP contribution in [0.1, 0.15) is 23.9 Å². The van der Waals surface area contributed by atoms with E-state index >= 15 is 0 Å². The van der Waals surface area contributed by atoms with Gasteiger partial charge < -0.3 is 0 Å². The van der Waals surface area contributed by atoms with Crippen molar-refractivity contribution in [3.05, 3.63) is 59.4 Å². The summed E-state index contributed by atoms with van der Waals surface area (Å²) in [6, 6.07) is 14.2. The maximum absolute atomic E-state index is 4.52. The lowest BCUT2D eigenvalue weighted by molar-refractivity contribution is 1.04. The molecule has 3 rings (SSSR count). The third-order valence-corrected chi connectivity index (χ3v) is 3.59. The summed E-state index contributed by atoms with van der Waals surface area (Å²) in [5.74, 6) is 0.794. The van der Waals surface area contributed by atoms with Crippen LogP contribution in [-0.2, 0) is 6.42 Å². The first-order valence-corrected chi connectivity index (χ1v) is 7.14. The number of benzene rings is 1. The fourth-order valence-corrected chi connectivity index (χ4v) is 2.37. The molecule has 0 fully saturated rings. The average molecular weight is 278 g/mol. The third-order valence-electron chi connectivity index (χ3n) is 3.59. The molecule has 2 aromatic heterocycles. The van der Waals surface area contributed by atoms with Crippen molar-refractivity contribution in [1.29, 1.82) is 0 Å². The Balaban J connectivity index is 2.00. The molecule has 0 spiro atoms. The quantitative estimate of drug-likeness (QED) is 0.626. The summed E-state index contributed by atoms with van der Waals surface area (Å²) in [5, 5.41) is 8.75. The standard InChI is InChI=1S/C17H18N4/c1-4-14-8-10-15(11-9-14)19-20-17-13(3)18-16-7-5-6-12(2)21(16)17/h5-11H,4H2,1-3H3. The molecular weight excluding hydrogens is 260 g/mol. The van der Waals surface area contributed by atoms with Crippen molar-refractivity contribution in [2.45, 2.75) is 27.2 Å². The topological polar surface area (TPSA) is 42.0 Å². The number of hydrogen-bond acceptors (Lipinski definition) is 3. The van der Waals surface area contributed by atoms with Crippen LogP contribution in [0.15, 0.2) is 52.7 Å². The minimum atomic E-state index is 0.794. The highest BCUT2D eigenvalue weighted by Gasteiger charge is 2.09. The fraction of sp³-hybridized carbons (Fsp3) is 0.235. The Morgan fingerprint density at radius 1 is 1.00 bits per heavy atom. The highest BCUT2D eigenvalue weighted by molar-refractivity contribution is 5.53. The zero-order valence-electron chi connectivity index (χ0n) is 12.5. The van der Waals surface area contributed by atoms with E-state index < -0.39 is 0 Å². The maximum atomic E-state index is 4.52. The number of rotatable bonds is 3. The molecule has 0 aliphatic rings. The van der Waals surface area contributed by atoms with Gasteiger partial charge in [0.1, 0.15) is 5.65 Å². The zero-order chi connectivity index (χ0) is 14.8. The number of hydrogen-bond donors (Lipinski definition) is 0. The van der Waals surface area contributed by atoms with Crippen LogP contribution < -0.4 is 0 Å². The van der Waals surface area contributed by atoms with Crippen molar-refractivity contribution in [2.75, 3.05) is 0 Å². The van der Waals surface area contributed by atoms with Gasteiger partial charge in [-0.1, -0.05) is 25.1 Å². The van der Waals surface area contributed by atoms with E-state index in [0.717, 1.165) is 35.0 Å². The molecule has 0 atom stereocenters. The Hall–Kier alpha value is -2.49. The second-order valence-corrected chi connectivity index (χ2v) is 5.10. The van der Waals surface area contributed by atoms with Crippen LogP contribution in [0.3, 0.4) is 0 Å². The van der Waals surface area contributed by atoms with Gasteiger partial charge in [-0.2, -0.15) is 0 Å². The van der Waals surface area contributed by atoms with Crippen LogP contribution in [0.5, 0.6) is 0 Å². The summed E-state index contributed by atoms with van der Waals surface area (Å²) in [6.07, 6.45) is 1.03. The van der Waals surface area contributed by atoms with E-state index in [9.17, 15) is 0 Å². The van der Waals surface area contributed by atoms with Gasteiger partial charge in [0.05, 0.1) is 11.4 Å². The molecule has 0 unspecified atom stereocenters. The molecule has 3 aromatic rings. The molecule has 0 bridgehead atoms. The molecule has 0 amide bonds. The average Bonchev–Trinajstić information content (AvgIpc) is 2.82. The van der Waals surface area contributed by atoms with E-state index in [2.05, 4.69) is 34.3 Å². The van der Waals surface area contributed by atoms with E-state index in [1.165, 1.54) is 5.56 Å². The van der Waals surface area contributed by atoms with E-state index in [-0.39, 0.29) is 0 Å². The largest absolute Gasteiger partial charge is 0.280 e. The summed E-state index contributed by atoms with van der Waals surface area (Å²) in [5.41, 5.74) is 5.05. The molecule has 2 heterocycles. The van der Waals surface area contributed by atoms with Gasteiger partial charge in [-0.25, -0.2) is 4.98 Å². The van der Waals surface area contributed by atoms with Crippen molar-refractivity contribution in [3.63, 3.8) is 0 Å². The molecule has 106 valence electrons. The lowest BCUT2D eigenvalue weighted by Gasteiger charge is -2.01. The lowest BCUT2D eigenvalue weighted by Crippen LogP contribution is -1.88. The Kier molecular flexibility index (Phi) is 3.52. The summed E-state index contributed by atoms with van der Waals surface area (Å²) in [6.45, 7) is 6.14. The third kappa shape index (κ3) is 2.57. The van der Waals surface area contributed by atoms with Crippen LogP contribution in [-0.4, -0.2) is 9.38 Å². The lowest BCUT2D eigenvalue weighted by atomic mass is 10.2. The van der Waals surface area contributed by atoms with E-state index in [4.69, 9.17) is 0 Å². The number of pyridine rings is 1. The first-order chi connectivity index (χ1) is 10.2. The molecular formula is C17H18N4. The van der Waals surface area contributed by atoms with Gasteiger partial charge >= 0.3 is 0 Å². The van der Waals surface area contributed by atoms with Crippen LogP contribution in [0.4, 0.5) is 11.5 Å². The van der Waals surface area contributed by atoms with Crippen molar-refractivity contribution in [3.8, 4) is 0 Å². The molecule has 21 heavy (non-hydrogen) atoms. The highest BCUT2D eigenvalue weighted by atomic mass is 15.2. The van der Waals surface area contributed by atoms with Crippen LogP contribution >= 0.6 is 0 Å². The number of aromatic nitrogens is 2. The Morgan fingerprint density at radius 3 is 2.48 bits per heavy atom. The molecule has 4 nitrogen and oxygen atoms in total. The predicted molar refractivity (Wildman–Crippen MR) is 84.7 cm³/mol. The van der Waals surface area contributed by atoms with E-state index in [1.807, 2.05) is 48.6 Å². The number of nitrogens with zero attached hydrogens (tertiary/aromatic N) is 4. The summed E-state index contributed by atoms with van der Waals surface area (Å²) < 4.78 is 2.03. The Morgan fingerprint density at radius 2 is 1.76 bits per heavy atom. The first-order valence-electron chi connectivity index (χ1n) is 7.14. The summed E-state index contributed by atoms with van der Waals surface area (Å²) >= 11 is 0. The number of azo groups is 1. The second-order valence-electron chi connectivity index (χ2n) is 5.10. The monoisotopic (exact) mass is 278 g/mol. The van der Waals surface area contributed by atoms with Crippen LogP contribution in [0.25, 0.3) is 5.65 Å². The van der Waals surface area contributed by atoms with E-state index in [0.29, 0.717) is 0 Å². The molecule has 0 saturated heterocycles. The molecule has 0 saturated carbocycles. The van der Waals surface area contributed by atoms with Crippen LogP contribution in [0, 0.1) is 13.8 Å². The Labute approximate surface area is 124 Å². The van der Waals surface area contributed by atoms with Gasteiger partial charge in [-0.05, 0) is 50.1 Å². The summed E-state index contributed by atoms with van der Waals surface area (Å²) in [4.78, 5) is 4.52. The molecule has 1 aromatic carbocycles. The number of aryl methyl sites for hydroxylation is 3. The number of imidazole rings is 1. The SMILES string of the molecule is CCc1ccc(N=Nc2c(C)nc3cccc(C)n23)cc1. The minimum Gasteiger partial charge on any atom is -0.280 e. The van der Waals surface area contributed by atoms with Gasteiger partial charge in [0.2, 0.25) is 0 Å². The smallest absolute Gasteiger partial charge is 0.182 e. The zero-order valence-corrected chi connectivity index (χ0v) is 12.5. The van der Waals surface area contributed by atoms with Gasteiger partial charge in [0, 0.05) is 5.69 Å². The van der Waals surface area contributed by atoms with Crippen molar-refractivity contribution < 1.29 is 0 Å². The maximum Gasteiger partial charge on any atom is 0.182 e. The van der Waals surface area contributed by atoms with Crippen molar-refractivity contribution in [2.24, 2.45) is 10.2 Å². The van der Waals surface area contributed by atoms with Crippen LogP contribution in [0.2, 0.25) is 0 Å². The van der Waals surface area contributed by atoms with Gasteiger partial charge in [-0.15, -0.1) is 10.2 Å².